The van der Waals surface area contributed by atoms with E-state index in [-0.39, 0.29) is 0 Å². The lowest BCUT2D eigenvalue weighted by atomic mass is 10.1. The van der Waals surface area contributed by atoms with E-state index < -0.39 is 0 Å². The summed E-state index contributed by atoms with van der Waals surface area (Å²) in [5.41, 5.74) is 2.69. The summed E-state index contributed by atoms with van der Waals surface area (Å²) in [5, 5.41) is 8.79. The molecule has 1 aromatic carbocycles. The lowest BCUT2D eigenvalue weighted by molar-refractivity contribution is -0.104. The Bertz CT molecular complexity index is 661. The molecule has 0 aromatic heterocycles. The maximum atomic E-state index is 10.6. The summed E-state index contributed by atoms with van der Waals surface area (Å²) in [6, 6.07) is 8.39. The Morgan fingerprint density at radius 2 is 2.29 bits per heavy atom. The van der Waals surface area contributed by atoms with Crippen molar-refractivity contribution in [2.24, 2.45) is 4.99 Å². The highest BCUT2D eigenvalue weighted by atomic mass is 32.2. The summed E-state index contributed by atoms with van der Waals surface area (Å²) in [6.45, 7) is 12.6. The molecular weight excluding hydrogens is 318 g/mol. The Hall–Kier alpha value is -2.32. The van der Waals surface area contributed by atoms with Crippen LogP contribution < -0.4 is 0 Å². The molecule has 0 amide bonds. The largest absolute Gasteiger partial charge is 0.365 e. The summed E-state index contributed by atoms with van der Waals surface area (Å²) in [7, 11) is 0. The molecule has 1 aromatic rings. The van der Waals surface area contributed by atoms with Gasteiger partial charge in [0.25, 0.3) is 0 Å². The number of carbonyl (C=O) groups excluding carboxylic acids is 1. The zero-order valence-electron chi connectivity index (χ0n) is 14.2. The van der Waals surface area contributed by atoms with Gasteiger partial charge in [0.2, 0.25) is 0 Å². The highest BCUT2D eigenvalue weighted by Gasteiger charge is 2.14. The van der Waals surface area contributed by atoms with Crippen LogP contribution >= 0.6 is 11.8 Å². The van der Waals surface area contributed by atoms with Crippen LogP contribution in [0.3, 0.4) is 0 Å². The van der Waals surface area contributed by atoms with Gasteiger partial charge >= 0.3 is 0 Å². The third-order valence-electron chi connectivity index (χ3n) is 3.70. The van der Waals surface area contributed by atoms with Gasteiger partial charge in [-0.15, -0.1) is 11.8 Å². The van der Waals surface area contributed by atoms with Crippen LogP contribution in [0.5, 0.6) is 0 Å². The van der Waals surface area contributed by atoms with Gasteiger partial charge in [0.1, 0.15) is 6.29 Å². The molecule has 0 fully saturated rings. The molecule has 0 saturated heterocycles. The molecule has 0 heterocycles. The topological polar surface area (TPSA) is 56.5 Å². The number of aliphatic imine (C=N–C) groups is 1. The van der Waals surface area contributed by atoms with Gasteiger partial charge in [-0.2, -0.15) is 5.26 Å². The number of thioether (sulfide) groups is 1. The Labute approximate surface area is 148 Å². The van der Waals surface area contributed by atoms with E-state index in [4.69, 9.17) is 5.26 Å². The highest BCUT2D eigenvalue weighted by molar-refractivity contribution is 7.99. The van der Waals surface area contributed by atoms with Gasteiger partial charge < -0.3 is 4.90 Å². The average molecular weight is 341 g/mol. The van der Waals surface area contributed by atoms with Gasteiger partial charge in [-0.05, 0) is 49.9 Å². The Balaban J connectivity index is 3.06. The molecule has 126 valence electrons. The zero-order valence-corrected chi connectivity index (χ0v) is 15.1. The van der Waals surface area contributed by atoms with Crippen molar-refractivity contribution in [2.75, 3.05) is 5.75 Å². The van der Waals surface area contributed by atoms with Crippen LogP contribution in [0.4, 0.5) is 5.69 Å². The first-order valence-electron chi connectivity index (χ1n) is 7.74. The highest BCUT2D eigenvalue weighted by Crippen LogP contribution is 2.31. The van der Waals surface area contributed by atoms with Crippen LogP contribution in [0.2, 0.25) is 0 Å². The van der Waals surface area contributed by atoms with Crippen molar-refractivity contribution < 1.29 is 4.79 Å². The maximum Gasteiger partial charge on any atom is 0.142 e. The summed E-state index contributed by atoms with van der Waals surface area (Å²) in [5.74, 6) is 0.371. The minimum absolute atomic E-state index is 0.293. The number of nitriles is 1. The van der Waals surface area contributed by atoms with Crippen molar-refractivity contribution in [1.82, 2.24) is 4.90 Å². The molecule has 4 nitrogen and oxygen atoms in total. The Morgan fingerprint density at radius 3 is 2.88 bits per heavy atom. The third-order valence-corrected chi connectivity index (χ3v) is 4.61. The molecule has 0 spiro atoms. The second-order valence-corrected chi connectivity index (χ2v) is 6.30. The predicted octanol–water partition coefficient (Wildman–Crippen LogP) is 4.50. The first-order valence-corrected chi connectivity index (χ1v) is 8.72. The smallest absolute Gasteiger partial charge is 0.142 e. The minimum Gasteiger partial charge on any atom is -0.365 e. The number of benzene rings is 1. The molecule has 24 heavy (non-hydrogen) atoms. The molecule has 5 heteroatoms. The van der Waals surface area contributed by atoms with Gasteiger partial charge in [-0.3, -0.25) is 9.79 Å². The number of rotatable bonds is 10. The fourth-order valence-electron chi connectivity index (χ4n) is 2.22. The first-order chi connectivity index (χ1) is 11.6. The van der Waals surface area contributed by atoms with Crippen LogP contribution in [0, 0.1) is 11.3 Å². The molecule has 0 radical (unpaired) electrons. The van der Waals surface area contributed by atoms with Crippen molar-refractivity contribution in [3.63, 3.8) is 0 Å². The predicted molar refractivity (Wildman–Crippen MR) is 102 cm³/mol. The van der Waals surface area contributed by atoms with Gasteiger partial charge in [0.05, 0.1) is 17.5 Å². The lowest BCUT2D eigenvalue weighted by Gasteiger charge is -2.31. The summed E-state index contributed by atoms with van der Waals surface area (Å²) in [4.78, 5) is 17.7. The normalized spacial score (nSPS) is 11.7. The van der Waals surface area contributed by atoms with Crippen molar-refractivity contribution >= 4 is 30.5 Å². The number of aldehydes is 1. The Kier molecular flexibility index (Phi) is 8.59. The first kappa shape index (κ1) is 19.7. The quantitative estimate of drug-likeness (QED) is 0.207. The van der Waals surface area contributed by atoms with Gasteiger partial charge in [0.15, 0.2) is 0 Å². The fraction of sp³-hybridized carbons (Fsp3) is 0.316. The van der Waals surface area contributed by atoms with E-state index in [1.807, 2.05) is 18.2 Å². The van der Waals surface area contributed by atoms with Crippen LogP contribution in [0.25, 0.3) is 0 Å². The van der Waals surface area contributed by atoms with E-state index in [1.54, 1.807) is 6.08 Å². The lowest BCUT2D eigenvalue weighted by Crippen LogP contribution is -2.30. The van der Waals surface area contributed by atoms with Gasteiger partial charge in [-0.25, -0.2) is 0 Å². The van der Waals surface area contributed by atoms with Crippen LogP contribution in [0.1, 0.15) is 25.8 Å². The van der Waals surface area contributed by atoms with E-state index >= 15 is 0 Å². The van der Waals surface area contributed by atoms with Crippen LogP contribution in [-0.2, 0) is 11.3 Å². The molecule has 0 bridgehead atoms. The molecule has 1 unspecified atom stereocenters. The minimum atomic E-state index is 0.293. The van der Waals surface area contributed by atoms with E-state index in [2.05, 4.69) is 43.1 Å². The average Bonchev–Trinajstić information content (AvgIpc) is 2.61. The number of hydrogen-bond donors (Lipinski definition) is 0. The van der Waals surface area contributed by atoms with Crippen LogP contribution in [0.15, 0.2) is 52.5 Å². The molecule has 0 aliphatic heterocycles. The van der Waals surface area contributed by atoms with Gasteiger partial charge in [-0.1, -0.05) is 19.6 Å². The van der Waals surface area contributed by atoms with Crippen molar-refractivity contribution in [3.05, 3.63) is 48.2 Å². The monoisotopic (exact) mass is 341 g/mol. The summed E-state index contributed by atoms with van der Waals surface area (Å²) >= 11 is 1.45. The molecule has 0 N–H and O–H groups in total. The molecular formula is C19H23N3OS. The number of carbonyl (C=O) groups is 1. The fourth-order valence-corrected chi connectivity index (χ4v) is 2.95. The number of hydrogen-bond acceptors (Lipinski definition) is 5. The third kappa shape index (κ3) is 5.71. The second-order valence-electron chi connectivity index (χ2n) is 5.28. The summed E-state index contributed by atoms with van der Waals surface area (Å²) < 4.78 is 0. The molecule has 1 rings (SSSR count). The number of allylic oxidation sites excluding steroid dienone is 2. The molecule has 0 aliphatic carbocycles. The second kappa shape index (κ2) is 10.5. The molecule has 0 saturated carbocycles. The van der Waals surface area contributed by atoms with E-state index in [1.165, 1.54) is 17.8 Å². The van der Waals surface area contributed by atoms with Crippen LogP contribution in [-0.4, -0.2) is 29.7 Å². The SMILES string of the molecule is C=Nc1ccc(CN(C(=C)/C=C\C=O)C(C)CC)cc1SCC#N. The maximum absolute atomic E-state index is 10.6. The van der Waals surface area contributed by atoms with E-state index in [0.29, 0.717) is 18.3 Å². The zero-order chi connectivity index (χ0) is 17.9. The van der Waals surface area contributed by atoms with Gasteiger partial charge in [0, 0.05) is 23.2 Å². The van der Waals surface area contributed by atoms with Crippen molar-refractivity contribution in [1.29, 1.82) is 5.26 Å². The van der Waals surface area contributed by atoms with Crippen molar-refractivity contribution in [2.45, 2.75) is 37.8 Å². The Morgan fingerprint density at radius 1 is 1.54 bits per heavy atom. The van der Waals surface area contributed by atoms with Crippen molar-refractivity contribution in [3.8, 4) is 6.07 Å². The molecule has 1 atom stereocenters. The standard InChI is InChI=1S/C19H23N3OS/c1-5-15(2)22(16(3)7-6-11-23)14-17-8-9-18(21-4)19(13-17)24-12-10-20/h6-9,11,13,15H,3-5,12,14H2,1-2H3/b7-6-. The van der Waals surface area contributed by atoms with E-state index in [0.717, 1.165) is 34.6 Å². The molecule has 0 aliphatic rings. The summed E-state index contributed by atoms with van der Waals surface area (Å²) in [6.07, 6.45) is 4.90. The number of nitrogens with zero attached hydrogens (tertiary/aromatic N) is 3. The van der Waals surface area contributed by atoms with E-state index in [9.17, 15) is 4.79 Å².